The van der Waals surface area contributed by atoms with Crippen LogP contribution in [-0.4, -0.2) is 28.8 Å². The summed E-state index contributed by atoms with van der Waals surface area (Å²) >= 11 is 0. The summed E-state index contributed by atoms with van der Waals surface area (Å²) in [7, 11) is 0. The number of carbonyl (C=O) groups excluding carboxylic acids is 2. The van der Waals surface area contributed by atoms with Crippen molar-refractivity contribution < 1.29 is 14.0 Å². The molecule has 0 saturated heterocycles. The Morgan fingerprint density at radius 2 is 1.75 bits per heavy atom. The van der Waals surface area contributed by atoms with Crippen molar-refractivity contribution >= 4 is 11.8 Å². The first kappa shape index (κ1) is 20.1. The molecule has 0 aliphatic rings. The maximum absolute atomic E-state index is 13.1. The molecule has 0 heterocycles. The molecule has 0 aromatic heterocycles. The van der Waals surface area contributed by atoms with Gasteiger partial charge in [0, 0.05) is 19.0 Å². The third-order valence-corrected chi connectivity index (χ3v) is 4.12. The normalized spacial score (nSPS) is 13.2. The van der Waals surface area contributed by atoms with E-state index in [-0.39, 0.29) is 23.7 Å². The molecule has 4 nitrogen and oxygen atoms in total. The summed E-state index contributed by atoms with van der Waals surface area (Å²) in [5, 5.41) is 2.96. The monoisotopic (exact) mass is 336 g/mol. The zero-order chi connectivity index (χ0) is 18.1. The van der Waals surface area contributed by atoms with Gasteiger partial charge in [0.05, 0.1) is 0 Å². The Labute approximate surface area is 144 Å². The molecule has 24 heavy (non-hydrogen) atoms. The van der Waals surface area contributed by atoms with Gasteiger partial charge in [-0.3, -0.25) is 9.59 Å². The molecule has 0 aliphatic carbocycles. The fraction of sp³-hybridized carbons (Fsp3) is 0.579. The molecule has 5 heteroatoms. The van der Waals surface area contributed by atoms with E-state index in [9.17, 15) is 14.0 Å². The maximum Gasteiger partial charge on any atom is 0.243 e. The summed E-state index contributed by atoms with van der Waals surface area (Å²) in [6.07, 6.45) is 2.50. The predicted molar refractivity (Wildman–Crippen MR) is 93.8 cm³/mol. The van der Waals surface area contributed by atoms with Gasteiger partial charge in [0.1, 0.15) is 11.9 Å². The predicted octanol–water partition coefficient (Wildman–Crippen LogP) is 3.65. The topological polar surface area (TPSA) is 49.4 Å². The fourth-order valence-electron chi connectivity index (χ4n) is 2.50. The lowest BCUT2D eigenvalue weighted by atomic mass is 10.1. The van der Waals surface area contributed by atoms with Gasteiger partial charge in [0.15, 0.2) is 0 Å². The van der Waals surface area contributed by atoms with Crippen molar-refractivity contribution in [1.82, 2.24) is 10.2 Å². The smallest absolute Gasteiger partial charge is 0.243 e. The van der Waals surface area contributed by atoms with Crippen molar-refractivity contribution in [3.63, 3.8) is 0 Å². The number of benzene rings is 1. The van der Waals surface area contributed by atoms with Crippen molar-refractivity contribution in [3.8, 4) is 0 Å². The highest BCUT2D eigenvalue weighted by Gasteiger charge is 2.28. The number of halogens is 1. The van der Waals surface area contributed by atoms with E-state index in [1.54, 1.807) is 17.0 Å². The summed E-state index contributed by atoms with van der Waals surface area (Å²) in [5.41, 5.74) is 0.815. The van der Waals surface area contributed by atoms with Crippen LogP contribution in [0.15, 0.2) is 24.3 Å². The third-order valence-electron chi connectivity index (χ3n) is 4.12. The molecule has 134 valence electrons. The third kappa shape index (κ3) is 5.95. The second-order valence-corrected chi connectivity index (χ2v) is 6.14. The second kappa shape index (κ2) is 10.1. The second-order valence-electron chi connectivity index (χ2n) is 6.14. The lowest BCUT2D eigenvalue weighted by Crippen LogP contribution is -2.50. The van der Waals surface area contributed by atoms with Crippen molar-refractivity contribution in [2.75, 3.05) is 0 Å². The fourth-order valence-corrected chi connectivity index (χ4v) is 2.50. The van der Waals surface area contributed by atoms with Gasteiger partial charge in [-0.15, -0.1) is 0 Å². The van der Waals surface area contributed by atoms with E-state index in [0.717, 1.165) is 18.4 Å². The van der Waals surface area contributed by atoms with E-state index in [1.807, 2.05) is 27.7 Å². The molecule has 2 amide bonds. The number of rotatable bonds is 9. The van der Waals surface area contributed by atoms with Gasteiger partial charge in [0.2, 0.25) is 11.8 Å². The Hall–Kier alpha value is -1.91. The minimum atomic E-state index is -0.511. The van der Waals surface area contributed by atoms with Crippen molar-refractivity contribution in [3.05, 3.63) is 35.6 Å². The molecule has 0 radical (unpaired) electrons. The first-order chi connectivity index (χ1) is 11.4. The SMILES string of the molecule is CCCC(=O)N(Cc1ccc(F)cc1)C(CC)C(=O)NC(C)CC. The molecule has 1 aromatic rings. The number of hydrogen-bond acceptors (Lipinski definition) is 2. The van der Waals surface area contributed by atoms with Crippen LogP contribution in [0.2, 0.25) is 0 Å². The molecule has 0 spiro atoms. The van der Waals surface area contributed by atoms with E-state index in [2.05, 4.69) is 5.32 Å². The van der Waals surface area contributed by atoms with Crippen LogP contribution in [0.4, 0.5) is 4.39 Å². The van der Waals surface area contributed by atoms with Crippen LogP contribution in [-0.2, 0) is 16.1 Å². The van der Waals surface area contributed by atoms with E-state index >= 15 is 0 Å². The van der Waals surface area contributed by atoms with Crippen LogP contribution in [0.25, 0.3) is 0 Å². The maximum atomic E-state index is 13.1. The summed E-state index contributed by atoms with van der Waals surface area (Å²) in [4.78, 5) is 26.7. The van der Waals surface area contributed by atoms with Crippen LogP contribution in [0.3, 0.4) is 0 Å². The van der Waals surface area contributed by atoms with Crippen LogP contribution in [0.1, 0.15) is 58.9 Å². The number of hydrogen-bond donors (Lipinski definition) is 1. The van der Waals surface area contributed by atoms with Gasteiger partial charge in [0.25, 0.3) is 0 Å². The number of nitrogens with one attached hydrogen (secondary N) is 1. The lowest BCUT2D eigenvalue weighted by molar-refractivity contribution is -0.141. The van der Waals surface area contributed by atoms with Gasteiger partial charge >= 0.3 is 0 Å². The highest BCUT2D eigenvalue weighted by molar-refractivity contribution is 5.87. The number of amides is 2. The van der Waals surface area contributed by atoms with Gasteiger partial charge < -0.3 is 10.2 Å². The van der Waals surface area contributed by atoms with Gasteiger partial charge in [-0.1, -0.05) is 32.9 Å². The highest BCUT2D eigenvalue weighted by atomic mass is 19.1. The Kier molecular flexibility index (Phi) is 8.44. The molecule has 1 N–H and O–H groups in total. The van der Waals surface area contributed by atoms with E-state index < -0.39 is 6.04 Å². The molecule has 2 unspecified atom stereocenters. The largest absolute Gasteiger partial charge is 0.352 e. The zero-order valence-corrected chi connectivity index (χ0v) is 15.1. The van der Waals surface area contributed by atoms with Crippen molar-refractivity contribution in [2.45, 2.75) is 72.0 Å². The van der Waals surface area contributed by atoms with Crippen LogP contribution in [0, 0.1) is 5.82 Å². The Bertz CT molecular complexity index is 531. The molecule has 2 atom stereocenters. The van der Waals surface area contributed by atoms with Gasteiger partial charge in [-0.05, 0) is 43.9 Å². The average Bonchev–Trinajstić information content (AvgIpc) is 2.56. The Balaban J connectivity index is 2.98. The standard InChI is InChI=1S/C19H29FN2O2/c1-5-8-18(23)22(13-15-9-11-16(20)12-10-15)17(7-3)19(24)21-14(4)6-2/h9-12,14,17H,5-8,13H2,1-4H3,(H,21,24). The summed E-state index contributed by atoms with van der Waals surface area (Å²) in [6.45, 7) is 8.10. The first-order valence-corrected chi connectivity index (χ1v) is 8.77. The van der Waals surface area contributed by atoms with E-state index in [1.165, 1.54) is 12.1 Å². The highest BCUT2D eigenvalue weighted by Crippen LogP contribution is 2.15. The van der Waals surface area contributed by atoms with Crippen molar-refractivity contribution in [1.29, 1.82) is 0 Å². The van der Waals surface area contributed by atoms with Gasteiger partial charge in [-0.25, -0.2) is 4.39 Å². The Morgan fingerprint density at radius 1 is 1.12 bits per heavy atom. The molecular formula is C19H29FN2O2. The lowest BCUT2D eigenvalue weighted by Gasteiger charge is -2.31. The van der Waals surface area contributed by atoms with Crippen LogP contribution in [0.5, 0.6) is 0 Å². The first-order valence-electron chi connectivity index (χ1n) is 8.77. The van der Waals surface area contributed by atoms with Crippen LogP contribution >= 0.6 is 0 Å². The van der Waals surface area contributed by atoms with Crippen molar-refractivity contribution in [2.24, 2.45) is 0 Å². The zero-order valence-electron chi connectivity index (χ0n) is 15.1. The molecule has 0 saturated carbocycles. The molecule has 0 fully saturated rings. The molecule has 1 aromatic carbocycles. The minimum Gasteiger partial charge on any atom is -0.352 e. The van der Waals surface area contributed by atoms with Gasteiger partial charge in [-0.2, -0.15) is 0 Å². The average molecular weight is 336 g/mol. The minimum absolute atomic E-state index is 0.0482. The molecule has 1 rings (SSSR count). The summed E-state index contributed by atoms with van der Waals surface area (Å²) < 4.78 is 13.1. The molecular weight excluding hydrogens is 307 g/mol. The summed E-state index contributed by atoms with van der Waals surface area (Å²) in [5.74, 6) is -0.488. The molecule has 0 bridgehead atoms. The molecule has 0 aliphatic heterocycles. The number of nitrogens with zero attached hydrogens (tertiary/aromatic N) is 1. The van der Waals surface area contributed by atoms with E-state index in [0.29, 0.717) is 19.4 Å². The quantitative estimate of drug-likeness (QED) is 0.748. The Morgan fingerprint density at radius 3 is 2.25 bits per heavy atom. The van der Waals surface area contributed by atoms with E-state index in [4.69, 9.17) is 0 Å². The van der Waals surface area contributed by atoms with Crippen LogP contribution < -0.4 is 5.32 Å². The number of carbonyl (C=O) groups is 2. The summed E-state index contributed by atoms with van der Waals surface area (Å²) in [6, 6.07) is 5.61.